The number of carbonyl (C=O) groups excluding carboxylic acids is 1. The van der Waals surface area contributed by atoms with Crippen LogP contribution in [0.1, 0.15) is 73.1 Å². The highest BCUT2D eigenvalue weighted by Crippen LogP contribution is 2.36. The van der Waals surface area contributed by atoms with Gasteiger partial charge in [0.2, 0.25) is 0 Å². The first kappa shape index (κ1) is 24.5. The SMILES string of the molecule is CC1(C)CC[C@H](c2nc3nccc(C4CCN(C(=O)c5ccc(OC(F)(F)F)cc5)CC4)c3[nH]2)CO1. The molecular formula is C26H29F3N4O3. The summed E-state index contributed by atoms with van der Waals surface area (Å²) in [5.74, 6) is 0.827. The van der Waals surface area contributed by atoms with E-state index in [1.807, 2.05) is 6.07 Å². The van der Waals surface area contributed by atoms with Gasteiger partial charge in [-0.1, -0.05) is 0 Å². The number of amides is 1. The lowest BCUT2D eigenvalue weighted by molar-refractivity contribution is -0.274. The lowest BCUT2D eigenvalue weighted by atomic mass is 9.89. The number of hydrogen-bond donors (Lipinski definition) is 1. The lowest BCUT2D eigenvalue weighted by Crippen LogP contribution is -2.38. The smallest absolute Gasteiger partial charge is 0.406 e. The molecule has 0 bridgehead atoms. The van der Waals surface area contributed by atoms with E-state index < -0.39 is 6.36 Å². The van der Waals surface area contributed by atoms with Gasteiger partial charge in [0, 0.05) is 30.8 Å². The fourth-order valence-electron chi connectivity index (χ4n) is 5.08. The number of aromatic nitrogens is 3. The van der Waals surface area contributed by atoms with Gasteiger partial charge in [-0.2, -0.15) is 0 Å². The number of imidazole rings is 1. The van der Waals surface area contributed by atoms with E-state index in [0.29, 0.717) is 30.9 Å². The number of piperidine rings is 1. The first-order chi connectivity index (χ1) is 17.1. The van der Waals surface area contributed by atoms with Crippen LogP contribution < -0.4 is 4.74 Å². The van der Waals surface area contributed by atoms with Crippen molar-refractivity contribution in [2.75, 3.05) is 19.7 Å². The predicted octanol–water partition coefficient (Wildman–Crippen LogP) is 5.55. The van der Waals surface area contributed by atoms with Gasteiger partial charge in [0.25, 0.3) is 5.91 Å². The van der Waals surface area contributed by atoms with Gasteiger partial charge in [-0.05, 0) is 81.3 Å². The Morgan fingerprint density at radius 3 is 2.47 bits per heavy atom. The molecule has 192 valence electrons. The minimum atomic E-state index is -4.76. The second-order valence-electron chi connectivity index (χ2n) is 10.2. The summed E-state index contributed by atoms with van der Waals surface area (Å²) < 4.78 is 47.0. The zero-order chi connectivity index (χ0) is 25.5. The molecule has 2 aliphatic heterocycles. The highest BCUT2D eigenvalue weighted by Gasteiger charge is 2.32. The molecule has 2 saturated heterocycles. The number of H-pyrrole nitrogens is 1. The van der Waals surface area contributed by atoms with E-state index in [-0.39, 0.29) is 29.1 Å². The number of alkyl halides is 3. The predicted molar refractivity (Wildman–Crippen MR) is 127 cm³/mol. The Hall–Kier alpha value is -3.14. The molecule has 0 aliphatic carbocycles. The molecule has 0 unspecified atom stereocenters. The molecule has 3 aromatic rings. The number of hydrogen-bond acceptors (Lipinski definition) is 5. The maximum Gasteiger partial charge on any atom is 0.573 e. The van der Waals surface area contributed by atoms with E-state index in [4.69, 9.17) is 9.72 Å². The van der Waals surface area contributed by atoms with Crippen LogP contribution in [0.25, 0.3) is 11.2 Å². The Labute approximate surface area is 207 Å². The average Bonchev–Trinajstić information content (AvgIpc) is 3.28. The first-order valence-corrected chi connectivity index (χ1v) is 12.2. The lowest BCUT2D eigenvalue weighted by Gasteiger charge is -2.34. The van der Waals surface area contributed by atoms with Gasteiger partial charge < -0.3 is 19.4 Å². The van der Waals surface area contributed by atoms with Crippen molar-refractivity contribution in [1.29, 1.82) is 0 Å². The summed E-state index contributed by atoms with van der Waals surface area (Å²) in [6.07, 6.45) is 0.545. The van der Waals surface area contributed by atoms with E-state index in [9.17, 15) is 18.0 Å². The number of pyridine rings is 1. The maximum absolute atomic E-state index is 12.9. The Kier molecular flexibility index (Phi) is 6.40. The van der Waals surface area contributed by atoms with E-state index in [0.717, 1.165) is 54.7 Å². The van der Waals surface area contributed by atoms with Crippen LogP contribution in [0.15, 0.2) is 36.5 Å². The molecule has 5 rings (SSSR count). The normalized spacial score (nSPS) is 21.0. The van der Waals surface area contributed by atoms with Gasteiger partial charge >= 0.3 is 6.36 Å². The van der Waals surface area contributed by atoms with Crippen LogP contribution in [0.3, 0.4) is 0 Å². The molecule has 4 heterocycles. The first-order valence-electron chi connectivity index (χ1n) is 12.2. The van der Waals surface area contributed by atoms with Crippen molar-refractivity contribution in [2.24, 2.45) is 0 Å². The van der Waals surface area contributed by atoms with Gasteiger partial charge in [-0.3, -0.25) is 4.79 Å². The number of carbonyl (C=O) groups is 1. The van der Waals surface area contributed by atoms with Crippen molar-refractivity contribution in [1.82, 2.24) is 19.9 Å². The van der Waals surface area contributed by atoms with Gasteiger partial charge in [0.05, 0.1) is 17.7 Å². The van der Waals surface area contributed by atoms with Crippen LogP contribution in [-0.2, 0) is 4.74 Å². The van der Waals surface area contributed by atoms with Crippen molar-refractivity contribution in [3.63, 3.8) is 0 Å². The second kappa shape index (κ2) is 9.38. The van der Waals surface area contributed by atoms with Crippen LogP contribution in [-0.4, -0.2) is 57.4 Å². The fraction of sp³-hybridized carbons (Fsp3) is 0.500. The molecule has 2 fully saturated rings. The van der Waals surface area contributed by atoms with Crippen LogP contribution in [0.2, 0.25) is 0 Å². The van der Waals surface area contributed by atoms with Gasteiger partial charge in [-0.15, -0.1) is 13.2 Å². The molecular weight excluding hydrogens is 473 g/mol. The van der Waals surface area contributed by atoms with E-state index in [2.05, 4.69) is 28.6 Å². The maximum atomic E-state index is 12.9. The molecule has 1 amide bonds. The Morgan fingerprint density at radius 2 is 1.83 bits per heavy atom. The number of likely N-dealkylation sites (tertiary alicyclic amines) is 1. The third-order valence-corrected chi connectivity index (χ3v) is 7.16. The minimum Gasteiger partial charge on any atom is -0.406 e. The monoisotopic (exact) mass is 502 g/mol. The molecule has 0 radical (unpaired) electrons. The number of rotatable bonds is 4. The average molecular weight is 503 g/mol. The van der Waals surface area contributed by atoms with Gasteiger partial charge in [0.1, 0.15) is 11.6 Å². The highest BCUT2D eigenvalue weighted by atomic mass is 19.4. The molecule has 0 saturated carbocycles. The van der Waals surface area contributed by atoms with Gasteiger partial charge in [-0.25, -0.2) is 9.97 Å². The molecule has 10 heteroatoms. The standard InChI is InChI=1S/C26H29F3N4O3/c1-25(2)11-7-18(15-35-25)22-31-21-20(8-12-30-23(21)32-22)16-9-13-33(14-10-16)24(34)17-3-5-19(6-4-17)36-26(27,28)29/h3-6,8,12,16,18H,7,9-11,13-15H2,1-2H3,(H,30,31,32)/t18-/m0/s1. The third kappa shape index (κ3) is 5.33. The highest BCUT2D eigenvalue weighted by molar-refractivity contribution is 5.94. The Balaban J connectivity index is 1.24. The number of nitrogens with one attached hydrogen (secondary N) is 1. The van der Waals surface area contributed by atoms with Crippen LogP contribution >= 0.6 is 0 Å². The summed E-state index contributed by atoms with van der Waals surface area (Å²) in [6, 6.07) is 7.07. The molecule has 36 heavy (non-hydrogen) atoms. The quantitative estimate of drug-likeness (QED) is 0.506. The summed E-state index contributed by atoms with van der Waals surface area (Å²) in [5, 5.41) is 0. The van der Waals surface area contributed by atoms with Crippen molar-refractivity contribution in [3.05, 3.63) is 53.5 Å². The molecule has 1 N–H and O–H groups in total. The second-order valence-corrected chi connectivity index (χ2v) is 10.2. The summed E-state index contributed by atoms with van der Waals surface area (Å²) >= 11 is 0. The topological polar surface area (TPSA) is 80.3 Å². The summed E-state index contributed by atoms with van der Waals surface area (Å²) in [4.78, 5) is 27.4. The summed E-state index contributed by atoms with van der Waals surface area (Å²) in [7, 11) is 0. The fourth-order valence-corrected chi connectivity index (χ4v) is 5.08. The number of ether oxygens (including phenoxy) is 2. The van der Waals surface area contributed by atoms with Crippen molar-refractivity contribution >= 4 is 17.1 Å². The zero-order valence-corrected chi connectivity index (χ0v) is 20.3. The number of aromatic amines is 1. The number of halogens is 3. The molecule has 2 aromatic heterocycles. The van der Waals surface area contributed by atoms with Crippen molar-refractivity contribution in [3.8, 4) is 5.75 Å². The molecule has 1 aromatic carbocycles. The largest absolute Gasteiger partial charge is 0.573 e. The van der Waals surface area contributed by atoms with Crippen LogP contribution in [0, 0.1) is 0 Å². The van der Waals surface area contributed by atoms with Crippen LogP contribution in [0.5, 0.6) is 5.75 Å². The summed E-state index contributed by atoms with van der Waals surface area (Å²) in [6.45, 7) is 5.96. The van der Waals surface area contributed by atoms with E-state index in [1.165, 1.54) is 12.1 Å². The Bertz CT molecular complexity index is 1220. The van der Waals surface area contributed by atoms with Crippen molar-refractivity contribution in [2.45, 2.75) is 63.3 Å². The number of fused-ring (bicyclic) bond motifs is 1. The Morgan fingerprint density at radius 1 is 1.11 bits per heavy atom. The van der Waals surface area contributed by atoms with Crippen LogP contribution in [0.4, 0.5) is 13.2 Å². The summed E-state index contributed by atoms with van der Waals surface area (Å²) in [5.41, 5.74) is 3.03. The minimum absolute atomic E-state index is 0.101. The van der Waals surface area contributed by atoms with E-state index in [1.54, 1.807) is 11.1 Å². The molecule has 0 spiro atoms. The van der Waals surface area contributed by atoms with E-state index >= 15 is 0 Å². The molecule has 7 nitrogen and oxygen atoms in total. The zero-order valence-electron chi connectivity index (χ0n) is 20.3. The molecule has 2 aliphatic rings. The third-order valence-electron chi connectivity index (χ3n) is 7.16. The molecule has 1 atom stereocenters. The number of benzene rings is 1. The number of nitrogens with zero attached hydrogens (tertiary/aromatic N) is 3. The van der Waals surface area contributed by atoms with Crippen molar-refractivity contribution < 1.29 is 27.4 Å². The van der Waals surface area contributed by atoms with Gasteiger partial charge in [0.15, 0.2) is 5.65 Å².